The van der Waals surface area contributed by atoms with Crippen LogP contribution in [0, 0.1) is 6.92 Å². The number of aromatic nitrogens is 1. The zero-order valence-corrected chi connectivity index (χ0v) is 15.9. The topological polar surface area (TPSA) is 55.1 Å². The van der Waals surface area contributed by atoms with E-state index in [2.05, 4.69) is 10.3 Å². The Hall–Kier alpha value is -3.37. The highest BCUT2D eigenvalue weighted by Gasteiger charge is 2.09. The number of amides is 1. The Morgan fingerprint density at radius 2 is 1.89 bits per heavy atom. The average molecular weight is 389 g/mol. The Bertz CT molecular complexity index is 1180. The number of benzene rings is 3. The van der Waals surface area contributed by atoms with Gasteiger partial charge in [-0.05, 0) is 66.6 Å². The highest BCUT2D eigenvalue weighted by Crippen LogP contribution is 2.26. The van der Waals surface area contributed by atoms with Gasteiger partial charge in [0, 0.05) is 22.3 Å². The molecule has 0 radical (unpaired) electrons. The molecule has 1 N–H and O–H groups in total. The molecule has 1 aromatic heterocycles. The summed E-state index contributed by atoms with van der Waals surface area (Å²) >= 11 is 5.86. The molecule has 0 aliphatic carbocycles. The Labute approximate surface area is 167 Å². The van der Waals surface area contributed by atoms with E-state index in [4.69, 9.17) is 16.0 Å². The summed E-state index contributed by atoms with van der Waals surface area (Å²) in [6.07, 6.45) is 3.22. The van der Waals surface area contributed by atoms with Crippen molar-refractivity contribution < 1.29 is 9.21 Å². The van der Waals surface area contributed by atoms with Gasteiger partial charge in [-0.1, -0.05) is 35.9 Å². The lowest BCUT2D eigenvalue weighted by Crippen LogP contribution is -2.07. The summed E-state index contributed by atoms with van der Waals surface area (Å²) in [5.74, 6) is 0.300. The molecule has 4 nitrogen and oxygen atoms in total. The summed E-state index contributed by atoms with van der Waals surface area (Å²) < 4.78 is 5.84. The molecule has 0 saturated carbocycles. The predicted octanol–water partition coefficient (Wildman–Crippen LogP) is 6.11. The second-order valence-electron chi connectivity index (χ2n) is 6.45. The summed E-state index contributed by atoms with van der Waals surface area (Å²) in [7, 11) is 0. The van der Waals surface area contributed by atoms with Gasteiger partial charge < -0.3 is 9.73 Å². The number of halogens is 1. The second-order valence-corrected chi connectivity index (χ2v) is 6.88. The van der Waals surface area contributed by atoms with Crippen molar-refractivity contribution in [1.82, 2.24) is 4.98 Å². The molecular formula is C23H17ClN2O2. The summed E-state index contributed by atoms with van der Waals surface area (Å²) in [6.45, 7) is 2.02. The van der Waals surface area contributed by atoms with Gasteiger partial charge in [-0.3, -0.25) is 4.79 Å². The number of aryl methyl sites for hydroxylation is 1. The number of rotatable bonds is 4. The smallest absolute Gasteiger partial charge is 0.248 e. The number of hydrogen-bond donors (Lipinski definition) is 1. The third kappa shape index (κ3) is 4.13. The van der Waals surface area contributed by atoms with Crippen LogP contribution in [0.5, 0.6) is 0 Å². The van der Waals surface area contributed by atoms with E-state index in [1.807, 2.05) is 61.5 Å². The van der Waals surface area contributed by atoms with Crippen LogP contribution in [-0.2, 0) is 4.79 Å². The normalized spacial score (nSPS) is 11.2. The van der Waals surface area contributed by atoms with Crippen molar-refractivity contribution in [2.24, 2.45) is 0 Å². The van der Waals surface area contributed by atoms with Gasteiger partial charge in [-0.2, -0.15) is 0 Å². The minimum absolute atomic E-state index is 0.222. The van der Waals surface area contributed by atoms with Crippen LogP contribution in [0.4, 0.5) is 5.69 Å². The quantitative estimate of drug-likeness (QED) is 0.429. The van der Waals surface area contributed by atoms with Gasteiger partial charge in [0.2, 0.25) is 11.8 Å². The van der Waals surface area contributed by atoms with E-state index >= 15 is 0 Å². The van der Waals surface area contributed by atoms with Gasteiger partial charge in [0.05, 0.1) is 0 Å². The Morgan fingerprint density at radius 3 is 2.71 bits per heavy atom. The fourth-order valence-electron chi connectivity index (χ4n) is 2.82. The molecule has 138 valence electrons. The predicted molar refractivity (Wildman–Crippen MR) is 113 cm³/mol. The highest BCUT2D eigenvalue weighted by molar-refractivity contribution is 6.30. The van der Waals surface area contributed by atoms with Crippen molar-refractivity contribution in [3.05, 3.63) is 89.0 Å². The number of carbonyl (C=O) groups is 1. The number of carbonyl (C=O) groups excluding carboxylic acids is 1. The molecule has 1 amide bonds. The minimum atomic E-state index is -0.222. The molecule has 0 fully saturated rings. The van der Waals surface area contributed by atoms with Crippen molar-refractivity contribution in [1.29, 1.82) is 0 Å². The maximum atomic E-state index is 12.2. The maximum absolute atomic E-state index is 12.2. The molecular weight excluding hydrogens is 372 g/mol. The van der Waals surface area contributed by atoms with Crippen LogP contribution in [-0.4, -0.2) is 10.9 Å². The van der Waals surface area contributed by atoms with E-state index in [-0.39, 0.29) is 5.91 Å². The average Bonchev–Trinajstić information content (AvgIpc) is 3.11. The third-order valence-electron chi connectivity index (χ3n) is 4.22. The maximum Gasteiger partial charge on any atom is 0.248 e. The molecule has 4 aromatic rings. The zero-order chi connectivity index (χ0) is 19.5. The molecule has 4 rings (SSSR count). The fourth-order valence-corrected chi connectivity index (χ4v) is 2.95. The van der Waals surface area contributed by atoms with Crippen LogP contribution >= 0.6 is 11.6 Å². The Morgan fingerprint density at radius 1 is 1.07 bits per heavy atom. The zero-order valence-electron chi connectivity index (χ0n) is 15.1. The first-order valence-corrected chi connectivity index (χ1v) is 9.17. The van der Waals surface area contributed by atoms with Gasteiger partial charge in [0.1, 0.15) is 5.52 Å². The van der Waals surface area contributed by atoms with Crippen molar-refractivity contribution in [2.75, 3.05) is 5.32 Å². The van der Waals surface area contributed by atoms with Gasteiger partial charge in [-0.25, -0.2) is 4.98 Å². The first-order valence-electron chi connectivity index (χ1n) is 8.79. The summed E-state index contributed by atoms with van der Waals surface area (Å²) in [5, 5.41) is 3.52. The van der Waals surface area contributed by atoms with Crippen LogP contribution in [0.1, 0.15) is 11.1 Å². The number of hydrogen-bond acceptors (Lipinski definition) is 3. The lowest BCUT2D eigenvalue weighted by Gasteiger charge is -2.03. The molecule has 0 spiro atoms. The summed E-state index contributed by atoms with van der Waals surface area (Å²) in [4.78, 5) is 16.8. The van der Waals surface area contributed by atoms with Gasteiger partial charge in [0.25, 0.3) is 0 Å². The van der Waals surface area contributed by atoms with E-state index in [0.717, 1.165) is 27.8 Å². The molecule has 0 unspecified atom stereocenters. The molecule has 0 aliphatic heterocycles. The number of oxazole rings is 1. The fraction of sp³-hybridized carbons (Fsp3) is 0.0435. The molecule has 0 saturated heterocycles. The first-order chi connectivity index (χ1) is 13.6. The number of fused-ring (bicyclic) bond motifs is 1. The van der Waals surface area contributed by atoms with E-state index < -0.39 is 0 Å². The molecule has 0 aliphatic rings. The van der Waals surface area contributed by atoms with Crippen molar-refractivity contribution in [2.45, 2.75) is 6.92 Å². The molecule has 0 atom stereocenters. The lowest BCUT2D eigenvalue weighted by atomic mass is 10.2. The van der Waals surface area contributed by atoms with Crippen LogP contribution in [0.25, 0.3) is 28.6 Å². The van der Waals surface area contributed by atoms with Crippen molar-refractivity contribution in [3.63, 3.8) is 0 Å². The van der Waals surface area contributed by atoms with Crippen LogP contribution < -0.4 is 5.32 Å². The minimum Gasteiger partial charge on any atom is -0.436 e. The summed E-state index contributed by atoms with van der Waals surface area (Å²) in [6, 6.07) is 20.6. The Balaban J connectivity index is 1.51. The molecule has 28 heavy (non-hydrogen) atoms. The van der Waals surface area contributed by atoms with E-state index in [1.54, 1.807) is 18.2 Å². The van der Waals surface area contributed by atoms with Crippen LogP contribution in [0.15, 0.2) is 77.2 Å². The second kappa shape index (κ2) is 7.71. The van der Waals surface area contributed by atoms with Gasteiger partial charge in [-0.15, -0.1) is 0 Å². The monoisotopic (exact) mass is 388 g/mol. The van der Waals surface area contributed by atoms with E-state index in [1.165, 1.54) is 6.08 Å². The molecule has 0 bridgehead atoms. The Kier molecular flexibility index (Phi) is 4.96. The van der Waals surface area contributed by atoms with E-state index in [9.17, 15) is 4.79 Å². The number of nitrogens with zero attached hydrogens (tertiary/aromatic N) is 1. The molecule has 5 heteroatoms. The van der Waals surface area contributed by atoms with Crippen LogP contribution in [0.2, 0.25) is 5.02 Å². The van der Waals surface area contributed by atoms with Gasteiger partial charge in [0.15, 0.2) is 5.58 Å². The third-order valence-corrected chi connectivity index (χ3v) is 4.47. The number of anilines is 1. The standard InChI is InChI=1S/C23H17ClN2O2/c1-15-5-11-21-20(13-15)26-23(28-21)17-3-2-4-19(14-17)25-22(27)12-8-16-6-9-18(24)10-7-16/h2-14H,1H3,(H,25,27). The largest absolute Gasteiger partial charge is 0.436 e. The number of nitrogens with one attached hydrogen (secondary N) is 1. The first kappa shape index (κ1) is 18.0. The van der Waals surface area contributed by atoms with Crippen LogP contribution in [0.3, 0.4) is 0 Å². The molecule has 1 heterocycles. The SMILES string of the molecule is Cc1ccc2oc(-c3cccc(NC(=O)C=Cc4ccc(Cl)cc4)c3)nc2c1. The summed E-state index contributed by atoms with van der Waals surface area (Å²) in [5.41, 5.74) is 5.04. The van der Waals surface area contributed by atoms with Crippen molar-refractivity contribution in [3.8, 4) is 11.5 Å². The van der Waals surface area contributed by atoms with Gasteiger partial charge >= 0.3 is 0 Å². The van der Waals surface area contributed by atoms with E-state index in [0.29, 0.717) is 16.6 Å². The van der Waals surface area contributed by atoms with Crippen molar-refractivity contribution >= 4 is 40.4 Å². The highest BCUT2D eigenvalue weighted by atomic mass is 35.5. The molecule has 3 aromatic carbocycles. The lowest BCUT2D eigenvalue weighted by molar-refractivity contribution is -0.111.